The van der Waals surface area contributed by atoms with Gasteiger partial charge in [-0.3, -0.25) is 9.59 Å². The Labute approximate surface area is 149 Å². The van der Waals surface area contributed by atoms with Crippen LogP contribution in [0.3, 0.4) is 0 Å². The van der Waals surface area contributed by atoms with Crippen molar-refractivity contribution in [3.05, 3.63) is 58.1 Å². The standard InChI is InChI=1S/C18H19BrN2O3/c1-3-24-15-7-4-13(5-8-15)18(23)20-11-17(22)21-14-6-9-16(19)12(2)10-14/h4-10H,3,11H2,1-2H3,(H,20,23)(H,21,22). The fraction of sp³-hybridized carbons (Fsp3) is 0.222. The second kappa shape index (κ2) is 8.49. The summed E-state index contributed by atoms with van der Waals surface area (Å²) in [6, 6.07) is 12.3. The van der Waals surface area contributed by atoms with Crippen molar-refractivity contribution < 1.29 is 14.3 Å². The van der Waals surface area contributed by atoms with E-state index in [9.17, 15) is 9.59 Å². The molecule has 2 rings (SSSR count). The molecule has 2 aromatic carbocycles. The number of halogens is 1. The van der Waals surface area contributed by atoms with Gasteiger partial charge in [-0.15, -0.1) is 0 Å². The topological polar surface area (TPSA) is 67.4 Å². The van der Waals surface area contributed by atoms with Crippen LogP contribution in [0.4, 0.5) is 5.69 Å². The summed E-state index contributed by atoms with van der Waals surface area (Å²) in [6.45, 7) is 4.31. The molecular formula is C18H19BrN2O3. The monoisotopic (exact) mass is 390 g/mol. The van der Waals surface area contributed by atoms with E-state index in [1.165, 1.54) is 0 Å². The van der Waals surface area contributed by atoms with Crippen LogP contribution in [0.15, 0.2) is 46.9 Å². The fourth-order valence-electron chi connectivity index (χ4n) is 2.06. The van der Waals surface area contributed by atoms with E-state index in [2.05, 4.69) is 26.6 Å². The van der Waals surface area contributed by atoms with E-state index in [-0.39, 0.29) is 18.4 Å². The van der Waals surface area contributed by atoms with Crippen LogP contribution in [-0.2, 0) is 4.79 Å². The summed E-state index contributed by atoms with van der Waals surface area (Å²) in [5.74, 6) is 0.119. The third-order valence-corrected chi connectivity index (χ3v) is 4.17. The Kier molecular flexibility index (Phi) is 6.37. The lowest BCUT2D eigenvalue weighted by Gasteiger charge is -2.09. The van der Waals surface area contributed by atoms with Gasteiger partial charge in [0.25, 0.3) is 5.91 Å². The van der Waals surface area contributed by atoms with Gasteiger partial charge in [0.15, 0.2) is 0 Å². The van der Waals surface area contributed by atoms with Crippen LogP contribution in [-0.4, -0.2) is 25.0 Å². The molecule has 0 aliphatic carbocycles. The average molecular weight is 391 g/mol. The maximum atomic E-state index is 12.0. The second-order valence-corrected chi connectivity index (χ2v) is 6.01. The van der Waals surface area contributed by atoms with Crippen molar-refractivity contribution in [2.45, 2.75) is 13.8 Å². The summed E-state index contributed by atoms with van der Waals surface area (Å²) in [7, 11) is 0. The first-order valence-corrected chi connectivity index (χ1v) is 8.36. The van der Waals surface area contributed by atoms with Gasteiger partial charge in [0, 0.05) is 15.7 Å². The zero-order valence-corrected chi connectivity index (χ0v) is 15.1. The van der Waals surface area contributed by atoms with Crippen LogP contribution >= 0.6 is 15.9 Å². The Balaban J connectivity index is 1.86. The van der Waals surface area contributed by atoms with Crippen LogP contribution in [0.1, 0.15) is 22.8 Å². The van der Waals surface area contributed by atoms with Gasteiger partial charge in [0.05, 0.1) is 13.2 Å². The van der Waals surface area contributed by atoms with Crippen molar-refractivity contribution in [3.8, 4) is 5.75 Å². The van der Waals surface area contributed by atoms with Crippen LogP contribution in [0.2, 0.25) is 0 Å². The minimum atomic E-state index is -0.305. The van der Waals surface area contributed by atoms with Crippen molar-refractivity contribution in [3.63, 3.8) is 0 Å². The molecule has 0 saturated heterocycles. The molecule has 0 unspecified atom stereocenters. The minimum absolute atomic E-state index is 0.0961. The van der Waals surface area contributed by atoms with Crippen LogP contribution in [0.5, 0.6) is 5.75 Å². The van der Waals surface area contributed by atoms with Gasteiger partial charge < -0.3 is 15.4 Å². The number of carbonyl (C=O) groups is 2. The number of anilines is 1. The van der Waals surface area contributed by atoms with Gasteiger partial charge in [-0.05, 0) is 61.9 Å². The lowest BCUT2D eigenvalue weighted by Crippen LogP contribution is -2.32. The highest BCUT2D eigenvalue weighted by Crippen LogP contribution is 2.19. The predicted molar refractivity (Wildman–Crippen MR) is 97.5 cm³/mol. The predicted octanol–water partition coefficient (Wildman–Crippen LogP) is 3.52. The molecule has 0 bridgehead atoms. The minimum Gasteiger partial charge on any atom is -0.494 e. The first-order valence-electron chi connectivity index (χ1n) is 7.56. The van der Waals surface area contributed by atoms with Crippen LogP contribution in [0, 0.1) is 6.92 Å². The number of rotatable bonds is 6. The zero-order chi connectivity index (χ0) is 17.5. The highest BCUT2D eigenvalue weighted by molar-refractivity contribution is 9.10. The molecule has 0 aliphatic heterocycles. The maximum Gasteiger partial charge on any atom is 0.251 e. The van der Waals surface area contributed by atoms with Crippen molar-refractivity contribution in [1.82, 2.24) is 5.32 Å². The number of nitrogens with one attached hydrogen (secondary N) is 2. The summed E-state index contributed by atoms with van der Waals surface area (Å²) in [4.78, 5) is 24.0. The average Bonchev–Trinajstić information content (AvgIpc) is 2.57. The molecule has 24 heavy (non-hydrogen) atoms. The number of hydrogen-bond acceptors (Lipinski definition) is 3. The number of aryl methyl sites for hydroxylation is 1. The first-order chi connectivity index (χ1) is 11.5. The smallest absolute Gasteiger partial charge is 0.251 e. The van der Waals surface area contributed by atoms with E-state index in [0.717, 1.165) is 10.0 Å². The van der Waals surface area contributed by atoms with E-state index in [1.54, 1.807) is 30.3 Å². The normalized spacial score (nSPS) is 10.1. The molecule has 2 aromatic rings. The third kappa shape index (κ3) is 5.09. The SMILES string of the molecule is CCOc1ccc(C(=O)NCC(=O)Nc2ccc(Br)c(C)c2)cc1. The molecular weight excluding hydrogens is 372 g/mol. The summed E-state index contributed by atoms with van der Waals surface area (Å²) >= 11 is 3.41. The highest BCUT2D eigenvalue weighted by Gasteiger charge is 2.09. The molecule has 0 aromatic heterocycles. The highest BCUT2D eigenvalue weighted by atomic mass is 79.9. The zero-order valence-electron chi connectivity index (χ0n) is 13.6. The second-order valence-electron chi connectivity index (χ2n) is 5.15. The van der Waals surface area contributed by atoms with Crippen molar-refractivity contribution in [2.75, 3.05) is 18.5 Å². The van der Waals surface area contributed by atoms with Crippen LogP contribution < -0.4 is 15.4 Å². The number of benzene rings is 2. The Morgan fingerprint density at radius 2 is 1.83 bits per heavy atom. The van der Waals surface area contributed by atoms with E-state index >= 15 is 0 Å². The summed E-state index contributed by atoms with van der Waals surface area (Å²) in [6.07, 6.45) is 0. The van der Waals surface area contributed by atoms with Gasteiger partial charge in [0.1, 0.15) is 5.75 Å². The Morgan fingerprint density at radius 3 is 2.46 bits per heavy atom. The van der Waals surface area contributed by atoms with Gasteiger partial charge in [-0.25, -0.2) is 0 Å². The molecule has 0 spiro atoms. The molecule has 2 amide bonds. The largest absolute Gasteiger partial charge is 0.494 e. The summed E-state index contributed by atoms with van der Waals surface area (Å²) in [5.41, 5.74) is 2.19. The quantitative estimate of drug-likeness (QED) is 0.792. The lowest BCUT2D eigenvalue weighted by molar-refractivity contribution is -0.115. The van der Waals surface area contributed by atoms with Crippen LogP contribution in [0.25, 0.3) is 0 Å². The van der Waals surface area contributed by atoms with Crippen molar-refractivity contribution >= 4 is 33.4 Å². The summed E-state index contributed by atoms with van der Waals surface area (Å²) in [5, 5.41) is 5.34. The number of amides is 2. The Hall–Kier alpha value is -2.34. The molecule has 126 valence electrons. The van der Waals surface area contributed by atoms with Gasteiger partial charge >= 0.3 is 0 Å². The molecule has 0 saturated carbocycles. The first kappa shape index (κ1) is 18.0. The lowest BCUT2D eigenvalue weighted by atomic mass is 10.2. The third-order valence-electron chi connectivity index (χ3n) is 3.28. The molecule has 0 radical (unpaired) electrons. The maximum absolute atomic E-state index is 12.0. The van der Waals surface area contributed by atoms with Gasteiger partial charge in [0.2, 0.25) is 5.91 Å². The number of ether oxygens (including phenoxy) is 1. The molecule has 0 aliphatic rings. The van der Waals surface area contributed by atoms with E-state index in [0.29, 0.717) is 23.6 Å². The Morgan fingerprint density at radius 1 is 1.12 bits per heavy atom. The molecule has 5 nitrogen and oxygen atoms in total. The van der Waals surface area contributed by atoms with Crippen molar-refractivity contribution in [1.29, 1.82) is 0 Å². The van der Waals surface area contributed by atoms with E-state index in [1.807, 2.05) is 26.0 Å². The summed E-state index contributed by atoms with van der Waals surface area (Å²) < 4.78 is 6.30. The molecule has 0 atom stereocenters. The van der Waals surface area contributed by atoms with E-state index in [4.69, 9.17) is 4.74 Å². The fourth-order valence-corrected chi connectivity index (χ4v) is 2.31. The number of carbonyl (C=O) groups excluding carboxylic acids is 2. The number of hydrogen-bond donors (Lipinski definition) is 2. The molecule has 6 heteroatoms. The molecule has 0 heterocycles. The Bertz CT molecular complexity index is 730. The molecule has 2 N–H and O–H groups in total. The molecule has 0 fully saturated rings. The van der Waals surface area contributed by atoms with Crippen molar-refractivity contribution in [2.24, 2.45) is 0 Å². The van der Waals surface area contributed by atoms with Gasteiger partial charge in [-0.1, -0.05) is 15.9 Å². The van der Waals surface area contributed by atoms with E-state index < -0.39 is 0 Å². The van der Waals surface area contributed by atoms with Gasteiger partial charge in [-0.2, -0.15) is 0 Å².